The molecule has 0 aliphatic carbocycles. The molecule has 10 heteroatoms. The number of ether oxygens (including phenoxy) is 2. The van der Waals surface area contributed by atoms with Gasteiger partial charge in [0.05, 0.1) is 34.1 Å². The number of carbonyl (C=O) groups excluding carboxylic acids is 4. The summed E-state index contributed by atoms with van der Waals surface area (Å²) >= 11 is 0. The fourth-order valence-corrected chi connectivity index (χ4v) is 5.47. The summed E-state index contributed by atoms with van der Waals surface area (Å²) in [6.07, 6.45) is 0. The van der Waals surface area contributed by atoms with Crippen LogP contribution in [0.4, 0.5) is 5.69 Å². The summed E-state index contributed by atoms with van der Waals surface area (Å²) in [4.78, 5) is 50.0. The van der Waals surface area contributed by atoms with Crippen LogP contribution in [0.3, 0.4) is 0 Å². The first-order valence-electron chi connectivity index (χ1n) is 11.0. The van der Waals surface area contributed by atoms with Crippen molar-refractivity contribution >= 4 is 39.2 Å². The third-order valence-electron chi connectivity index (χ3n) is 5.41. The minimum atomic E-state index is -4.03. The van der Waals surface area contributed by atoms with E-state index in [9.17, 15) is 27.6 Å². The number of fused-ring (bicyclic) bond motifs is 2. The zero-order chi connectivity index (χ0) is 26.0. The topological polar surface area (TPSA) is 133 Å². The van der Waals surface area contributed by atoms with Crippen molar-refractivity contribution in [2.75, 3.05) is 18.5 Å². The lowest BCUT2D eigenvalue weighted by molar-refractivity contribution is 0.0524. The first kappa shape index (κ1) is 24.8. The second-order valence-corrected chi connectivity index (χ2v) is 9.62. The number of rotatable bonds is 6. The first-order valence-corrected chi connectivity index (χ1v) is 12.5. The number of carbonyl (C=O) groups is 4. The summed E-state index contributed by atoms with van der Waals surface area (Å²) in [5, 5.41) is 2.56. The molecule has 1 N–H and O–H groups in total. The minimum absolute atomic E-state index is 0.0212. The highest BCUT2D eigenvalue weighted by molar-refractivity contribution is 7.91. The SMILES string of the molecule is CCOC(=O)c1cc(NC(=O)c2ccc3c(c2)S(=O)(=O)c2ccccc2C3=O)cc(C(=O)OCC)c1. The van der Waals surface area contributed by atoms with Crippen LogP contribution < -0.4 is 5.32 Å². The van der Waals surface area contributed by atoms with E-state index in [1.165, 1.54) is 48.5 Å². The maximum atomic E-state index is 13.1. The average Bonchev–Trinajstić information content (AvgIpc) is 2.87. The maximum absolute atomic E-state index is 13.1. The molecule has 36 heavy (non-hydrogen) atoms. The molecule has 0 radical (unpaired) electrons. The van der Waals surface area contributed by atoms with E-state index in [1.807, 2.05) is 0 Å². The number of hydrogen-bond acceptors (Lipinski definition) is 8. The van der Waals surface area contributed by atoms with Crippen LogP contribution in [0.1, 0.15) is 60.8 Å². The Morgan fingerprint density at radius 3 is 1.94 bits per heavy atom. The van der Waals surface area contributed by atoms with Crippen LogP contribution in [-0.2, 0) is 19.3 Å². The van der Waals surface area contributed by atoms with E-state index < -0.39 is 33.5 Å². The van der Waals surface area contributed by atoms with Crippen molar-refractivity contribution in [1.82, 2.24) is 0 Å². The molecule has 0 unspecified atom stereocenters. The van der Waals surface area contributed by atoms with Crippen molar-refractivity contribution in [3.05, 3.63) is 88.5 Å². The first-order chi connectivity index (χ1) is 17.2. The van der Waals surface area contributed by atoms with Crippen molar-refractivity contribution in [3.63, 3.8) is 0 Å². The number of anilines is 1. The van der Waals surface area contributed by atoms with Crippen LogP contribution in [0.2, 0.25) is 0 Å². The molecule has 9 nitrogen and oxygen atoms in total. The number of sulfone groups is 1. The molecular formula is C26H21NO8S. The zero-order valence-electron chi connectivity index (χ0n) is 19.4. The maximum Gasteiger partial charge on any atom is 0.338 e. The second kappa shape index (κ2) is 9.74. The van der Waals surface area contributed by atoms with Gasteiger partial charge in [-0.05, 0) is 62.4 Å². The van der Waals surface area contributed by atoms with E-state index in [0.29, 0.717) is 0 Å². The van der Waals surface area contributed by atoms with E-state index in [4.69, 9.17) is 9.47 Å². The monoisotopic (exact) mass is 507 g/mol. The molecule has 0 aromatic heterocycles. The highest BCUT2D eigenvalue weighted by Gasteiger charge is 2.35. The van der Waals surface area contributed by atoms with Gasteiger partial charge in [-0.2, -0.15) is 0 Å². The highest BCUT2D eigenvalue weighted by Crippen LogP contribution is 2.35. The molecule has 1 aliphatic rings. The van der Waals surface area contributed by atoms with E-state index >= 15 is 0 Å². The van der Waals surface area contributed by atoms with Crippen LogP contribution in [0.15, 0.2) is 70.5 Å². The lowest BCUT2D eigenvalue weighted by Gasteiger charge is -2.19. The Labute approximate surface area is 207 Å². The highest BCUT2D eigenvalue weighted by atomic mass is 32.2. The van der Waals surface area contributed by atoms with Crippen LogP contribution in [0, 0.1) is 0 Å². The lowest BCUT2D eigenvalue weighted by atomic mass is 10.0. The summed E-state index contributed by atoms with van der Waals surface area (Å²) in [6.45, 7) is 3.47. The molecule has 184 valence electrons. The smallest absolute Gasteiger partial charge is 0.338 e. The summed E-state index contributed by atoms with van der Waals surface area (Å²) in [5.41, 5.74) is 0.142. The lowest BCUT2D eigenvalue weighted by Crippen LogP contribution is -2.21. The molecule has 0 atom stereocenters. The second-order valence-electron chi connectivity index (χ2n) is 7.73. The van der Waals surface area contributed by atoms with Gasteiger partial charge in [-0.3, -0.25) is 9.59 Å². The summed E-state index contributed by atoms with van der Waals surface area (Å²) in [7, 11) is -4.03. The van der Waals surface area contributed by atoms with Crippen molar-refractivity contribution < 1.29 is 37.1 Å². The van der Waals surface area contributed by atoms with Gasteiger partial charge in [-0.15, -0.1) is 0 Å². The van der Waals surface area contributed by atoms with Crippen molar-refractivity contribution in [2.45, 2.75) is 23.6 Å². The Kier molecular flexibility index (Phi) is 6.71. The van der Waals surface area contributed by atoms with Gasteiger partial charge >= 0.3 is 11.9 Å². The van der Waals surface area contributed by atoms with Crippen molar-refractivity contribution in [2.24, 2.45) is 0 Å². The van der Waals surface area contributed by atoms with Crippen LogP contribution in [0.25, 0.3) is 0 Å². The molecule has 1 heterocycles. The fraction of sp³-hybridized carbons (Fsp3) is 0.154. The number of ketones is 1. The van der Waals surface area contributed by atoms with Gasteiger partial charge in [-0.25, -0.2) is 18.0 Å². The molecule has 3 aromatic rings. The number of amides is 1. The van der Waals surface area contributed by atoms with Gasteiger partial charge in [0.1, 0.15) is 0 Å². The number of benzene rings is 3. The van der Waals surface area contributed by atoms with Crippen molar-refractivity contribution in [1.29, 1.82) is 0 Å². The van der Waals surface area contributed by atoms with E-state index in [0.717, 1.165) is 6.07 Å². The Bertz CT molecular complexity index is 1490. The quantitative estimate of drug-likeness (QED) is 0.391. The van der Waals surface area contributed by atoms with Gasteiger partial charge in [0.2, 0.25) is 9.84 Å². The van der Waals surface area contributed by atoms with Gasteiger partial charge in [0.15, 0.2) is 5.78 Å². The Balaban J connectivity index is 1.70. The summed E-state index contributed by atoms with van der Waals surface area (Å²) in [6, 6.07) is 13.6. The molecule has 1 amide bonds. The van der Waals surface area contributed by atoms with Crippen LogP contribution in [0.5, 0.6) is 0 Å². The molecule has 0 fully saturated rings. The minimum Gasteiger partial charge on any atom is -0.462 e. The molecule has 3 aromatic carbocycles. The largest absolute Gasteiger partial charge is 0.462 e. The number of esters is 2. The normalized spacial score (nSPS) is 13.2. The van der Waals surface area contributed by atoms with Gasteiger partial charge in [-0.1, -0.05) is 12.1 Å². The van der Waals surface area contributed by atoms with E-state index in [-0.39, 0.29) is 56.5 Å². The molecule has 1 aliphatic heterocycles. The third-order valence-corrected chi connectivity index (χ3v) is 7.26. The Morgan fingerprint density at radius 2 is 1.33 bits per heavy atom. The Morgan fingerprint density at radius 1 is 0.750 bits per heavy atom. The Hall–Kier alpha value is -4.31. The average molecular weight is 508 g/mol. The van der Waals surface area contributed by atoms with Crippen LogP contribution >= 0.6 is 0 Å². The van der Waals surface area contributed by atoms with Crippen LogP contribution in [-0.4, -0.2) is 45.3 Å². The molecule has 4 rings (SSSR count). The molecule has 0 saturated heterocycles. The number of hydrogen-bond donors (Lipinski definition) is 1. The summed E-state index contributed by atoms with van der Waals surface area (Å²) < 4.78 is 36.3. The zero-order valence-corrected chi connectivity index (χ0v) is 20.2. The van der Waals surface area contributed by atoms with E-state index in [2.05, 4.69) is 5.32 Å². The van der Waals surface area contributed by atoms with Gasteiger partial charge < -0.3 is 14.8 Å². The van der Waals surface area contributed by atoms with Gasteiger partial charge in [0.25, 0.3) is 5.91 Å². The molecule has 0 spiro atoms. The third kappa shape index (κ3) is 4.50. The summed E-state index contributed by atoms with van der Waals surface area (Å²) in [5.74, 6) is -2.56. The number of nitrogens with one attached hydrogen (secondary N) is 1. The predicted molar refractivity (Wildman–Crippen MR) is 128 cm³/mol. The standard InChI is InChI=1S/C26H21NO8S/c1-3-34-25(30)16-11-17(26(31)35-4-2)13-18(12-16)27-24(29)15-9-10-20-22(14-15)36(32,33)21-8-6-5-7-19(21)23(20)28/h5-14H,3-4H2,1-2H3,(H,27,29). The fourth-order valence-electron chi connectivity index (χ4n) is 3.79. The molecule has 0 saturated carbocycles. The molecular weight excluding hydrogens is 486 g/mol. The van der Waals surface area contributed by atoms with Gasteiger partial charge in [0, 0.05) is 22.4 Å². The molecule has 0 bridgehead atoms. The van der Waals surface area contributed by atoms with Crippen molar-refractivity contribution in [3.8, 4) is 0 Å². The predicted octanol–water partition coefficient (Wildman–Crippen LogP) is 3.67. The van der Waals surface area contributed by atoms with E-state index in [1.54, 1.807) is 19.9 Å².